The highest BCUT2D eigenvalue weighted by atomic mass is 32.2. The molecule has 0 N–H and O–H groups in total. The topological polar surface area (TPSA) is 9.23 Å². The molecule has 0 aliphatic rings. The van der Waals surface area contributed by atoms with E-state index < -0.39 is 11.7 Å². The first-order valence-corrected chi connectivity index (χ1v) is 11.7. The van der Waals surface area contributed by atoms with Gasteiger partial charge in [-0.25, -0.2) is 0 Å². The van der Waals surface area contributed by atoms with Crippen LogP contribution in [0.1, 0.15) is 38.8 Å². The lowest BCUT2D eigenvalue weighted by atomic mass is 10.00. The van der Waals surface area contributed by atoms with Crippen LogP contribution in [0.3, 0.4) is 0 Å². The highest BCUT2D eigenvalue weighted by molar-refractivity contribution is 7.99. The maximum absolute atomic E-state index is 12.7. The van der Waals surface area contributed by atoms with E-state index in [4.69, 9.17) is 4.74 Å². The number of allylic oxidation sites excluding steroid dienone is 1. The second kappa shape index (κ2) is 12.4. The molecule has 0 spiro atoms. The SMILES string of the molecule is CC.CCSc1ccc(OC/C=C(\C)c2ccc(-c3ccc(C(F)(F)F)cc3)cc2)cc1. The van der Waals surface area contributed by atoms with Crippen LogP contribution in [0.2, 0.25) is 0 Å². The van der Waals surface area contributed by atoms with Crippen LogP contribution < -0.4 is 4.74 Å². The van der Waals surface area contributed by atoms with E-state index in [1.807, 2.05) is 63.2 Å². The van der Waals surface area contributed by atoms with Crippen LogP contribution in [0.25, 0.3) is 16.7 Å². The van der Waals surface area contributed by atoms with Crippen LogP contribution in [-0.4, -0.2) is 12.4 Å². The second-order valence-electron chi connectivity index (χ2n) is 6.76. The molecule has 32 heavy (non-hydrogen) atoms. The lowest BCUT2D eigenvalue weighted by Crippen LogP contribution is -2.03. The summed E-state index contributed by atoms with van der Waals surface area (Å²) in [6.07, 6.45) is -2.30. The van der Waals surface area contributed by atoms with E-state index in [2.05, 4.69) is 19.1 Å². The van der Waals surface area contributed by atoms with Gasteiger partial charge < -0.3 is 4.74 Å². The largest absolute Gasteiger partial charge is 0.490 e. The Morgan fingerprint density at radius 3 is 1.88 bits per heavy atom. The smallest absolute Gasteiger partial charge is 0.416 e. The van der Waals surface area contributed by atoms with Gasteiger partial charge >= 0.3 is 6.18 Å². The summed E-state index contributed by atoms with van der Waals surface area (Å²) in [5.74, 6) is 1.87. The molecule has 1 nitrogen and oxygen atoms in total. The third kappa shape index (κ3) is 7.49. The summed E-state index contributed by atoms with van der Waals surface area (Å²) in [5.41, 5.74) is 3.11. The first-order chi connectivity index (χ1) is 15.4. The van der Waals surface area contributed by atoms with Crippen molar-refractivity contribution in [2.75, 3.05) is 12.4 Å². The maximum Gasteiger partial charge on any atom is 0.416 e. The number of hydrogen-bond acceptors (Lipinski definition) is 2. The van der Waals surface area contributed by atoms with Gasteiger partial charge in [0.1, 0.15) is 12.4 Å². The number of alkyl halides is 3. The summed E-state index contributed by atoms with van der Waals surface area (Å²) >= 11 is 1.79. The number of ether oxygens (including phenoxy) is 1. The minimum Gasteiger partial charge on any atom is -0.490 e. The molecule has 3 aromatic rings. The molecule has 0 amide bonds. The maximum atomic E-state index is 12.7. The summed E-state index contributed by atoms with van der Waals surface area (Å²) in [6, 6.07) is 21.0. The highest BCUT2D eigenvalue weighted by Gasteiger charge is 2.29. The first kappa shape index (κ1) is 25.6. The molecule has 0 saturated carbocycles. The van der Waals surface area contributed by atoms with Crippen molar-refractivity contribution in [3.8, 4) is 16.9 Å². The van der Waals surface area contributed by atoms with Gasteiger partial charge in [-0.1, -0.05) is 57.2 Å². The predicted molar refractivity (Wildman–Crippen MR) is 130 cm³/mol. The summed E-state index contributed by atoms with van der Waals surface area (Å²) in [5, 5.41) is 0. The standard InChI is InChI=1S/C25H23F3OS.C2H6/c1-3-30-24-14-12-23(13-15-24)29-17-16-18(2)19-4-6-20(7-5-19)21-8-10-22(11-9-21)25(26,27)28;1-2/h4-16H,3,17H2,1-2H3;1-2H3/b18-16+;. The number of hydrogen-bond donors (Lipinski definition) is 0. The predicted octanol–water partition coefficient (Wildman–Crippen LogP) is 8.99. The Hall–Kier alpha value is -2.66. The van der Waals surface area contributed by atoms with Crippen molar-refractivity contribution in [3.05, 3.63) is 90.0 Å². The molecule has 3 aromatic carbocycles. The van der Waals surface area contributed by atoms with Gasteiger partial charge in [0.2, 0.25) is 0 Å². The Balaban J connectivity index is 0.00000176. The summed E-state index contributed by atoms with van der Waals surface area (Å²) in [4.78, 5) is 1.23. The van der Waals surface area contributed by atoms with Crippen molar-refractivity contribution in [2.45, 2.75) is 38.8 Å². The van der Waals surface area contributed by atoms with E-state index in [1.165, 1.54) is 17.0 Å². The molecule has 170 valence electrons. The third-order valence-electron chi connectivity index (χ3n) is 4.66. The Morgan fingerprint density at radius 1 is 0.844 bits per heavy atom. The molecular weight excluding hydrogens is 429 g/mol. The van der Waals surface area contributed by atoms with E-state index in [1.54, 1.807) is 11.8 Å². The van der Waals surface area contributed by atoms with Gasteiger partial charge in [0.15, 0.2) is 0 Å². The van der Waals surface area contributed by atoms with Crippen molar-refractivity contribution < 1.29 is 17.9 Å². The monoisotopic (exact) mass is 458 g/mol. The molecular formula is C27H29F3OS. The summed E-state index contributed by atoms with van der Waals surface area (Å²) in [7, 11) is 0. The average molecular weight is 459 g/mol. The zero-order valence-electron chi connectivity index (χ0n) is 18.9. The van der Waals surface area contributed by atoms with Crippen LogP contribution in [0.5, 0.6) is 5.75 Å². The van der Waals surface area contributed by atoms with Crippen molar-refractivity contribution in [2.24, 2.45) is 0 Å². The normalized spacial score (nSPS) is 11.5. The third-order valence-corrected chi connectivity index (χ3v) is 5.55. The fourth-order valence-corrected chi connectivity index (χ4v) is 3.62. The quantitative estimate of drug-likeness (QED) is 0.327. The molecule has 5 heteroatoms. The fourth-order valence-electron chi connectivity index (χ4n) is 2.96. The number of thioether (sulfide) groups is 1. The zero-order chi connectivity index (χ0) is 23.6. The van der Waals surface area contributed by atoms with Gasteiger partial charge in [-0.3, -0.25) is 0 Å². The molecule has 0 radical (unpaired) electrons. The Labute approximate surface area is 193 Å². The van der Waals surface area contributed by atoms with Crippen LogP contribution in [0.4, 0.5) is 13.2 Å². The van der Waals surface area contributed by atoms with Crippen molar-refractivity contribution in [3.63, 3.8) is 0 Å². The van der Waals surface area contributed by atoms with Crippen LogP contribution in [0.15, 0.2) is 83.8 Å². The first-order valence-electron chi connectivity index (χ1n) is 10.7. The molecule has 0 atom stereocenters. The van der Waals surface area contributed by atoms with Crippen molar-refractivity contribution >= 4 is 17.3 Å². The molecule has 0 aliphatic carbocycles. The summed E-state index contributed by atoms with van der Waals surface area (Å²) < 4.78 is 43.9. The minimum atomic E-state index is -4.32. The lowest BCUT2D eigenvalue weighted by Gasteiger charge is -2.09. The van der Waals surface area contributed by atoms with Gasteiger partial charge in [-0.15, -0.1) is 11.8 Å². The molecule has 0 unspecified atom stereocenters. The van der Waals surface area contributed by atoms with Gasteiger partial charge in [0, 0.05) is 4.90 Å². The lowest BCUT2D eigenvalue weighted by molar-refractivity contribution is -0.137. The van der Waals surface area contributed by atoms with Crippen molar-refractivity contribution in [1.82, 2.24) is 0 Å². The Morgan fingerprint density at radius 2 is 1.38 bits per heavy atom. The van der Waals surface area contributed by atoms with Gasteiger partial charge in [-0.2, -0.15) is 13.2 Å². The molecule has 0 aromatic heterocycles. The van der Waals surface area contributed by atoms with Gasteiger partial charge in [-0.05, 0) is 77.4 Å². The van der Waals surface area contributed by atoms with Crippen LogP contribution in [0, 0.1) is 0 Å². The van der Waals surface area contributed by atoms with Crippen molar-refractivity contribution in [1.29, 1.82) is 0 Å². The Bertz CT molecular complexity index is 973. The molecule has 0 heterocycles. The Kier molecular flexibility index (Phi) is 9.92. The molecule has 3 rings (SSSR count). The van der Waals surface area contributed by atoms with Gasteiger partial charge in [0.05, 0.1) is 5.56 Å². The van der Waals surface area contributed by atoms with E-state index in [0.717, 1.165) is 45.9 Å². The molecule has 0 aliphatic heterocycles. The molecule has 0 fully saturated rings. The number of halogens is 3. The second-order valence-corrected chi connectivity index (χ2v) is 8.09. The average Bonchev–Trinajstić information content (AvgIpc) is 2.81. The zero-order valence-corrected chi connectivity index (χ0v) is 19.7. The minimum absolute atomic E-state index is 0.465. The summed E-state index contributed by atoms with van der Waals surface area (Å²) in [6.45, 7) is 8.60. The van der Waals surface area contributed by atoms with E-state index >= 15 is 0 Å². The fraction of sp³-hybridized carbons (Fsp3) is 0.259. The molecule has 0 saturated heterocycles. The van der Waals surface area contributed by atoms with E-state index in [-0.39, 0.29) is 0 Å². The van der Waals surface area contributed by atoms with E-state index in [0.29, 0.717) is 6.61 Å². The number of benzene rings is 3. The van der Waals surface area contributed by atoms with Crippen LogP contribution >= 0.6 is 11.8 Å². The van der Waals surface area contributed by atoms with Gasteiger partial charge in [0.25, 0.3) is 0 Å². The van der Waals surface area contributed by atoms with Crippen LogP contribution in [-0.2, 0) is 6.18 Å². The van der Waals surface area contributed by atoms with E-state index in [9.17, 15) is 13.2 Å². The molecule has 0 bridgehead atoms. The highest BCUT2D eigenvalue weighted by Crippen LogP contribution is 2.31. The number of rotatable bonds is 7.